The Labute approximate surface area is 179 Å². The second-order valence-corrected chi connectivity index (χ2v) is 6.96. The molecule has 0 bridgehead atoms. The van der Waals surface area contributed by atoms with Crippen molar-refractivity contribution in [3.05, 3.63) is 84.5 Å². The number of alkyl halides is 6. The van der Waals surface area contributed by atoms with E-state index in [1.807, 2.05) is 0 Å². The van der Waals surface area contributed by atoms with Gasteiger partial charge in [0.25, 0.3) is 5.91 Å². The summed E-state index contributed by atoms with van der Waals surface area (Å²) in [6, 6.07) is 7.14. The molecule has 2 aromatic carbocycles. The second-order valence-electron chi connectivity index (χ2n) is 6.96. The minimum Gasteiger partial charge on any atom is -0.337 e. The predicted octanol–water partition coefficient (Wildman–Crippen LogP) is 5.83. The summed E-state index contributed by atoms with van der Waals surface area (Å²) in [6.07, 6.45) is -5.56. The molecule has 0 radical (unpaired) electrons. The average Bonchev–Trinajstić information content (AvgIpc) is 3.21. The first-order valence-corrected chi connectivity index (χ1v) is 9.21. The lowest BCUT2D eigenvalue weighted by Crippen LogP contribution is -2.28. The normalized spacial score (nSPS) is 12.0. The van der Waals surface area contributed by atoms with Crippen molar-refractivity contribution in [3.8, 4) is 16.8 Å². The van der Waals surface area contributed by atoms with Crippen LogP contribution in [0.3, 0.4) is 0 Å². The van der Waals surface area contributed by atoms with E-state index < -0.39 is 23.5 Å². The highest BCUT2D eigenvalue weighted by Crippen LogP contribution is 2.38. The van der Waals surface area contributed by atoms with Gasteiger partial charge < -0.3 is 4.90 Å². The monoisotopic (exact) mass is 453 g/mol. The highest BCUT2D eigenvalue weighted by atomic mass is 19.4. The zero-order chi connectivity index (χ0) is 23.7. The summed E-state index contributed by atoms with van der Waals surface area (Å²) >= 11 is 0. The maximum atomic E-state index is 13.1. The first-order chi connectivity index (χ1) is 14.9. The number of halogens is 6. The lowest BCUT2D eigenvalue weighted by atomic mass is 9.99. The second kappa shape index (κ2) is 8.52. The Balaban J connectivity index is 2.00. The maximum Gasteiger partial charge on any atom is 0.416 e. The Morgan fingerprint density at radius 1 is 1.00 bits per heavy atom. The summed E-state index contributed by atoms with van der Waals surface area (Å²) in [4.78, 5) is 17.9. The number of imidazole rings is 1. The van der Waals surface area contributed by atoms with Crippen molar-refractivity contribution >= 4 is 5.91 Å². The van der Waals surface area contributed by atoms with Crippen LogP contribution in [0.15, 0.2) is 67.6 Å². The van der Waals surface area contributed by atoms with E-state index in [4.69, 9.17) is 0 Å². The van der Waals surface area contributed by atoms with Gasteiger partial charge in [0.2, 0.25) is 0 Å². The molecule has 0 aliphatic carbocycles. The third kappa shape index (κ3) is 4.84. The standard InChI is InChI=1S/C22H17F6N3O/c1-3-8-30(2)20(32)19-12-29-13-31(19)18-6-4-14(5-7-18)15-9-16(21(23,24)25)11-17(10-15)22(26,27)28/h3-7,9-13H,1,8H2,2H3. The minimum atomic E-state index is -4.93. The van der Waals surface area contributed by atoms with Crippen LogP contribution in [0.1, 0.15) is 21.6 Å². The van der Waals surface area contributed by atoms with Crippen molar-refractivity contribution in [2.75, 3.05) is 13.6 Å². The molecule has 32 heavy (non-hydrogen) atoms. The van der Waals surface area contributed by atoms with Crippen LogP contribution in [0, 0.1) is 0 Å². The van der Waals surface area contributed by atoms with Crippen LogP contribution in [0.2, 0.25) is 0 Å². The van der Waals surface area contributed by atoms with Gasteiger partial charge in [0, 0.05) is 19.3 Å². The third-order valence-electron chi connectivity index (χ3n) is 4.67. The van der Waals surface area contributed by atoms with E-state index >= 15 is 0 Å². The van der Waals surface area contributed by atoms with Crippen LogP contribution in [0.5, 0.6) is 0 Å². The highest BCUT2D eigenvalue weighted by Gasteiger charge is 2.37. The Morgan fingerprint density at radius 3 is 2.06 bits per heavy atom. The molecule has 1 amide bonds. The van der Waals surface area contributed by atoms with E-state index in [0.717, 1.165) is 0 Å². The number of carbonyl (C=O) groups excluding carboxylic acids is 1. The molecular formula is C22H17F6N3O. The van der Waals surface area contributed by atoms with E-state index in [1.165, 1.54) is 46.3 Å². The smallest absolute Gasteiger partial charge is 0.337 e. The summed E-state index contributed by atoms with van der Waals surface area (Å²) in [6.45, 7) is 3.87. The lowest BCUT2D eigenvalue weighted by Gasteiger charge is -2.16. The summed E-state index contributed by atoms with van der Waals surface area (Å²) in [5, 5.41) is 0. The summed E-state index contributed by atoms with van der Waals surface area (Å²) in [5.74, 6) is -0.334. The van der Waals surface area contributed by atoms with Crippen LogP contribution < -0.4 is 0 Å². The van der Waals surface area contributed by atoms with Crippen molar-refractivity contribution in [1.29, 1.82) is 0 Å². The molecule has 3 aromatic rings. The van der Waals surface area contributed by atoms with Gasteiger partial charge >= 0.3 is 12.4 Å². The molecule has 10 heteroatoms. The number of nitrogens with zero attached hydrogens (tertiary/aromatic N) is 3. The fraction of sp³-hybridized carbons (Fsp3) is 0.182. The molecule has 4 nitrogen and oxygen atoms in total. The van der Waals surface area contributed by atoms with Crippen molar-refractivity contribution < 1.29 is 31.1 Å². The first kappa shape index (κ1) is 23.1. The van der Waals surface area contributed by atoms with Gasteiger partial charge in [-0.25, -0.2) is 4.98 Å². The molecule has 0 N–H and O–H groups in total. The first-order valence-electron chi connectivity index (χ1n) is 9.21. The van der Waals surface area contributed by atoms with Crippen LogP contribution in [-0.4, -0.2) is 34.0 Å². The van der Waals surface area contributed by atoms with Crippen LogP contribution in [-0.2, 0) is 12.4 Å². The van der Waals surface area contributed by atoms with E-state index in [2.05, 4.69) is 11.6 Å². The molecule has 0 unspecified atom stereocenters. The van der Waals surface area contributed by atoms with E-state index in [1.54, 1.807) is 13.1 Å². The summed E-state index contributed by atoms with van der Waals surface area (Å²) in [5.41, 5.74) is -2.16. The fourth-order valence-electron chi connectivity index (χ4n) is 3.07. The van der Waals surface area contributed by atoms with Gasteiger partial charge in [-0.15, -0.1) is 6.58 Å². The molecule has 0 fully saturated rings. The number of aromatic nitrogens is 2. The zero-order valence-electron chi connectivity index (χ0n) is 16.7. The Morgan fingerprint density at radius 2 is 1.56 bits per heavy atom. The van der Waals surface area contributed by atoms with E-state index in [9.17, 15) is 31.1 Å². The van der Waals surface area contributed by atoms with E-state index in [0.29, 0.717) is 24.4 Å². The number of likely N-dealkylation sites (N-methyl/N-ethyl adjacent to an activating group) is 1. The van der Waals surface area contributed by atoms with Gasteiger partial charge in [-0.3, -0.25) is 9.36 Å². The Bertz CT molecular complexity index is 1100. The van der Waals surface area contributed by atoms with E-state index in [-0.39, 0.29) is 28.8 Å². The molecular weight excluding hydrogens is 436 g/mol. The summed E-state index contributed by atoms with van der Waals surface area (Å²) < 4.78 is 80.2. The molecule has 168 valence electrons. The van der Waals surface area contributed by atoms with Crippen molar-refractivity contribution in [1.82, 2.24) is 14.5 Å². The molecule has 3 rings (SSSR count). The van der Waals surface area contributed by atoms with Gasteiger partial charge in [0.15, 0.2) is 0 Å². The fourth-order valence-corrected chi connectivity index (χ4v) is 3.07. The minimum absolute atomic E-state index is 0.0843. The van der Waals surface area contributed by atoms with Gasteiger partial charge in [0.1, 0.15) is 5.69 Å². The van der Waals surface area contributed by atoms with Crippen LogP contribution in [0.25, 0.3) is 16.8 Å². The third-order valence-corrected chi connectivity index (χ3v) is 4.67. The SMILES string of the molecule is C=CCN(C)C(=O)c1cncn1-c1ccc(-c2cc(C(F)(F)F)cc(C(F)(F)F)c2)cc1. The van der Waals surface area contributed by atoms with Crippen molar-refractivity contribution in [2.45, 2.75) is 12.4 Å². The van der Waals surface area contributed by atoms with Gasteiger partial charge in [-0.2, -0.15) is 26.3 Å². The molecule has 0 spiro atoms. The van der Waals surface area contributed by atoms with Crippen molar-refractivity contribution in [3.63, 3.8) is 0 Å². The number of hydrogen-bond donors (Lipinski definition) is 0. The molecule has 0 saturated carbocycles. The van der Waals surface area contributed by atoms with Crippen LogP contribution in [0.4, 0.5) is 26.3 Å². The number of benzene rings is 2. The molecule has 1 aromatic heterocycles. The molecule has 0 aliphatic heterocycles. The largest absolute Gasteiger partial charge is 0.416 e. The predicted molar refractivity (Wildman–Crippen MR) is 106 cm³/mol. The number of hydrogen-bond acceptors (Lipinski definition) is 2. The molecule has 1 heterocycles. The molecule has 0 aliphatic rings. The quantitative estimate of drug-likeness (QED) is 0.360. The van der Waals surface area contributed by atoms with Crippen LogP contribution >= 0.6 is 0 Å². The number of rotatable bonds is 5. The number of carbonyl (C=O) groups is 1. The van der Waals surface area contributed by atoms with Crippen molar-refractivity contribution in [2.24, 2.45) is 0 Å². The Kier molecular flexibility index (Phi) is 6.16. The lowest BCUT2D eigenvalue weighted by molar-refractivity contribution is -0.143. The Hall–Kier alpha value is -3.56. The topological polar surface area (TPSA) is 38.1 Å². The average molecular weight is 453 g/mol. The highest BCUT2D eigenvalue weighted by molar-refractivity contribution is 5.93. The maximum absolute atomic E-state index is 13.1. The number of amides is 1. The van der Waals surface area contributed by atoms with Gasteiger partial charge in [-0.1, -0.05) is 18.2 Å². The van der Waals surface area contributed by atoms with Gasteiger partial charge in [0.05, 0.1) is 23.7 Å². The zero-order valence-corrected chi connectivity index (χ0v) is 16.7. The van der Waals surface area contributed by atoms with Gasteiger partial charge in [-0.05, 0) is 41.5 Å². The molecule has 0 saturated heterocycles. The summed E-state index contributed by atoms with van der Waals surface area (Å²) in [7, 11) is 1.58. The molecule has 0 atom stereocenters.